The molecule has 0 spiro atoms. The van der Waals surface area contributed by atoms with Crippen molar-refractivity contribution in [3.05, 3.63) is 12.2 Å². The number of nitrogens with one attached hydrogen (secondary N) is 3. The van der Waals surface area contributed by atoms with Gasteiger partial charge in [-0.1, -0.05) is 20.3 Å². The monoisotopic (exact) mass is 395 g/mol. The van der Waals surface area contributed by atoms with Crippen molar-refractivity contribution >= 4 is 12.1 Å². The van der Waals surface area contributed by atoms with Gasteiger partial charge in [-0.15, -0.1) is 10.2 Å². The quantitative estimate of drug-likeness (QED) is 0.414. The molecule has 9 heteroatoms. The third-order valence-electron chi connectivity index (χ3n) is 3.83. The molecule has 1 heterocycles. The van der Waals surface area contributed by atoms with E-state index in [9.17, 15) is 4.79 Å². The van der Waals surface area contributed by atoms with Crippen molar-refractivity contribution in [2.24, 2.45) is 4.99 Å². The number of carbonyl (C=O) groups excluding carboxylic acids is 1. The second kappa shape index (κ2) is 12.2. The molecule has 0 radical (unpaired) electrons. The Morgan fingerprint density at radius 1 is 1.29 bits per heavy atom. The predicted octanol–water partition coefficient (Wildman–Crippen LogP) is 2.09. The standard InChI is InChI=1S/C19H37N7O2/c1-7-10-15(24-18(27)28-19(4,5)6)13-22-17(20-9-3)21-11-12-26-14-23-25-16(26)8-2/h14-15H,7-13H2,1-6H3,(H,24,27)(H2,20,21,22). The van der Waals surface area contributed by atoms with Gasteiger partial charge in [0.2, 0.25) is 0 Å². The van der Waals surface area contributed by atoms with Gasteiger partial charge in [-0.3, -0.25) is 4.99 Å². The summed E-state index contributed by atoms with van der Waals surface area (Å²) in [6.45, 7) is 14.4. The lowest BCUT2D eigenvalue weighted by Gasteiger charge is -2.23. The summed E-state index contributed by atoms with van der Waals surface area (Å²) in [6, 6.07) is -0.0696. The molecule has 0 saturated carbocycles. The Labute approximate surface area is 168 Å². The van der Waals surface area contributed by atoms with Crippen LogP contribution in [0, 0.1) is 0 Å². The van der Waals surface area contributed by atoms with Crippen LogP contribution in [-0.4, -0.2) is 58.1 Å². The second-order valence-electron chi connectivity index (χ2n) is 7.57. The van der Waals surface area contributed by atoms with E-state index >= 15 is 0 Å². The van der Waals surface area contributed by atoms with Crippen LogP contribution in [0.2, 0.25) is 0 Å². The lowest BCUT2D eigenvalue weighted by molar-refractivity contribution is 0.0503. The fourth-order valence-electron chi connectivity index (χ4n) is 2.61. The molecule has 0 bridgehead atoms. The van der Waals surface area contributed by atoms with Crippen molar-refractivity contribution in [2.45, 2.75) is 79.0 Å². The highest BCUT2D eigenvalue weighted by Crippen LogP contribution is 2.07. The maximum atomic E-state index is 12.1. The number of ether oxygens (including phenoxy) is 1. The van der Waals surface area contributed by atoms with Crippen molar-refractivity contribution < 1.29 is 9.53 Å². The van der Waals surface area contributed by atoms with Crippen LogP contribution in [0.4, 0.5) is 4.79 Å². The van der Waals surface area contributed by atoms with Gasteiger partial charge in [-0.25, -0.2) is 4.79 Å². The van der Waals surface area contributed by atoms with E-state index < -0.39 is 11.7 Å². The Bertz CT molecular complexity index is 608. The number of alkyl carbamates (subject to hydrolysis) is 1. The van der Waals surface area contributed by atoms with Gasteiger partial charge in [0, 0.05) is 26.1 Å². The average molecular weight is 396 g/mol. The minimum atomic E-state index is -0.514. The van der Waals surface area contributed by atoms with E-state index in [1.807, 2.05) is 32.3 Å². The summed E-state index contributed by atoms with van der Waals surface area (Å²) in [4.78, 5) is 16.7. The molecule has 0 aromatic carbocycles. The van der Waals surface area contributed by atoms with Crippen LogP contribution < -0.4 is 16.0 Å². The minimum absolute atomic E-state index is 0.0696. The Kier molecular flexibility index (Phi) is 10.3. The molecule has 1 atom stereocenters. The van der Waals surface area contributed by atoms with Gasteiger partial charge in [0.1, 0.15) is 17.8 Å². The lowest BCUT2D eigenvalue weighted by Crippen LogP contribution is -2.43. The molecule has 1 aromatic rings. The lowest BCUT2D eigenvalue weighted by atomic mass is 10.1. The highest BCUT2D eigenvalue weighted by atomic mass is 16.6. The number of hydrogen-bond donors (Lipinski definition) is 3. The molecule has 1 aromatic heterocycles. The van der Waals surface area contributed by atoms with Gasteiger partial charge in [-0.05, 0) is 34.1 Å². The average Bonchev–Trinajstić information content (AvgIpc) is 3.05. The summed E-state index contributed by atoms with van der Waals surface area (Å²) in [5, 5.41) is 17.5. The minimum Gasteiger partial charge on any atom is -0.444 e. The van der Waals surface area contributed by atoms with E-state index in [-0.39, 0.29) is 6.04 Å². The molecule has 1 amide bonds. The van der Waals surface area contributed by atoms with Crippen LogP contribution in [0.15, 0.2) is 11.3 Å². The smallest absolute Gasteiger partial charge is 0.407 e. The van der Waals surface area contributed by atoms with Gasteiger partial charge in [0.05, 0.1) is 12.6 Å². The molecule has 1 rings (SSSR count). The summed E-state index contributed by atoms with van der Waals surface area (Å²) in [5.41, 5.74) is -0.514. The molecule has 0 saturated heterocycles. The molecule has 0 aliphatic rings. The van der Waals surface area contributed by atoms with E-state index in [0.717, 1.165) is 44.1 Å². The molecule has 28 heavy (non-hydrogen) atoms. The van der Waals surface area contributed by atoms with Gasteiger partial charge in [-0.2, -0.15) is 0 Å². The van der Waals surface area contributed by atoms with E-state index in [4.69, 9.17) is 4.74 Å². The molecule has 160 valence electrons. The number of carbonyl (C=O) groups is 1. The van der Waals surface area contributed by atoms with E-state index in [2.05, 4.69) is 45.0 Å². The molecular weight excluding hydrogens is 358 g/mol. The number of aromatic nitrogens is 3. The van der Waals surface area contributed by atoms with Gasteiger partial charge >= 0.3 is 6.09 Å². The normalized spacial score (nSPS) is 13.1. The zero-order chi connectivity index (χ0) is 21.0. The maximum absolute atomic E-state index is 12.1. The number of amides is 1. The SMILES string of the molecule is CCCC(CN=C(NCC)NCCn1cnnc1CC)NC(=O)OC(C)(C)C. The molecule has 0 fully saturated rings. The molecule has 0 aliphatic heterocycles. The molecule has 0 aliphatic carbocycles. The van der Waals surface area contributed by atoms with Crippen LogP contribution in [0.3, 0.4) is 0 Å². The summed E-state index contributed by atoms with van der Waals surface area (Å²) in [6.07, 6.45) is 3.98. The van der Waals surface area contributed by atoms with Crippen LogP contribution in [-0.2, 0) is 17.7 Å². The Morgan fingerprint density at radius 3 is 2.64 bits per heavy atom. The fourth-order valence-corrected chi connectivity index (χ4v) is 2.61. The predicted molar refractivity (Wildman–Crippen MR) is 111 cm³/mol. The number of guanidine groups is 1. The van der Waals surface area contributed by atoms with Crippen molar-refractivity contribution in [2.75, 3.05) is 19.6 Å². The number of aliphatic imine (C=N–C) groups is 1. The van der Waals surface area contributed by atoms with Crippen molar-refractivity contribution in [1.29, 1.82) is 0 Å². The highest BCUT2D eigenvalue weighted by Gasteiger charge is 2.19. The zero-order valence-electron chi connectivity index (χ0n) is 18.2. The van der Waals surface area contributed by atoms with Crippen molar-refractivity contribution in [1.82, 2.24) is 30.7 Å². The Balaban J connectivity index is 2.59. The van der Waals surface area contributed by atoms with Gasteiger partial charge < -0.3 is 25.3 Å². The third-order valence-corrected chi connectivity index (χ3v) is 3.83. The Hall–Kier alpha value is -2.32. The summed E-state index contributed by atoms with van der Waals surface area (Å²) in [5.74, 6) is 1.69. The third kappa shape index (κ3) is 9.57. The van der Waals surface area contributed by atoms with Crippen molar-refractivity contribution in [3.8, 4) is 0 Å². The number of nitrogens with zero attached hydrogens (tertiary/aromatic N) is 4. The first-order valence-electron chi connectivity index (χ1n) is 10.2. The molecular formula is C19H37N7O2. The topological polar surface area (TPSA) is 105 Å². The van der Waals surface area contributed by atoms with Crippen molar-refractivity contribution in [3.63, 3.8) is 0 Å². The molecule has 9 nitrogen and oxygen atoms in total. The molecule has 3 N–H and O–H groups in total. The Morgan fingerprint density at radius 2 is 2.04 bits per heavy atom. The first kappa shape index (κ1) is 23.7. The summed E-state index contributed by atoms with van der Waals surface area (Å²) < 4.78 is 7.38. The second-order valence-corrected chi connectivity index (χ2v) is 7.57. The van der Waals surface area contributed by atoms with Crippen LogP contribution in [0.25, 0.3) is 0 Å². The van der Waals surface area contributed by atoms with Crippen LogP contribution >= 0.6 is 0 Å². The fraction of sp³-hybridized carbons (Fsp3) is 0.789. The highest BCUT2D eigenvalue weighted by molar-refractivity contribution is 5.79. The number of aryl methyl sites for hydroxylation is 1. The van der Waals surface area contributed by atoms with Crippen LogP contribution in [0.5, 0.6) is 0 Å². The van der Waals surface area contributed by atoms with E-state index in [1.54, 1.807) is 6.33 Å². The van der Waals surface area contributed by atoms with Crippen LogP contribution in [0.1, 0.15) is 60.2 Å². The van der Waals surface area contributed by atoms with E-state index in [0.29, 0.717) is 13.1 Å². The number of hydrogen-bond acceptors (Lipinski definition) is 5. The zero-order valence-corrected chi connectivity index (χ0v) is 18.2. The van der Waals surface area contributed by atoms with E-state index in [1.165, 1.54) is 0 Å². The maximum Gasteiger partial charge on any atom is 0.407 e. The number of rotatable bonds is 10. The summed E-state index contributed by atoms with van der Waals surface area (Å²) >= 11 is 0. The van der Waals surface area contributed by atoms with Gasteiger partial charge in [0.15, 0.2) is 5.96 Å². The molecule has 1 unspecified atom stereocenters. The summed E-state index contributed by atoms with van der Waals surface area (Å²) in [7, 11) is 0. The first-order chi connectivity index (χ1) is 13.3. The van der Waals surface area contributed by atoms with Gasteiger partial charge in [0.25, 0.3) is 0 Å². The largest absolute Gasteiger partial charge is 0.444 e. The first-order valence-corrected chi connectivity index (χ1v) is 10.2.